The summed E-state index contributed by atoms with van der Waals surface area (Å²) in [6.45, 7) is 2.04. The molecule has 0 spiro atoms. The third-order valence-electron chi connectivity index (χ3n) is 5.26. The number of rotatable bonds is 5. The minimum absolute atomic E-state index is 0.0230. The summed E-state index contributed by atoms with van der Waals surface area (Å²) in [5, 5.41) is 11.3. The number of amides is 1. The van der Waals surface area contributed by atoms with Crippen LogP contribution in [0.2, 0.25) is 5.02 Å². The van der Waals surface area contributed by atoms with E-state index in [1.807, 2.05) is 19.1 Å². The van der Waals surface area contributed by atoms with Gasteiger partial charge in [0.05, 0.1) is 10.9 Å². The molecular weight excluding hydrogens is 434 g/mol. The van der Waals surface area contributed by atoms with Crippen LogP contribution < -0.4 is 0 Å². The third kappa shape index (κ3) is 3.96. The quantitative estimate of drug-likeness (QED) is 0.591. The van der Waals surface area contributed by atoms with Crippen LogP contribution in [0, 0.1) is 6.92 Å². The van der Waals surface area contributed by atoms with E-state index in [0.717, 1.165) is 11.1 Å². The summed E-state index contributed by atoms with van der Waals surface area (Å²) in [4.78, 5) is 14.1. The Bertz CT molecular complexity index is 1250. The summed E-state index contributed by atoms with van der Waals surface area (Å²) >= 11 is 5.96. The number of aliphatic hydroxyl groups excluding tert-OH is 1. The van der Waals surface area contributed by atoms with Crippen molar-refractivity contribution in [2.45, 2.75) is 24.4 Å². The molecule has 1 N–H and O–H groups in total. The molecule has 0 saturated carbocycles. The van der Waals surface area contributed by atoms with Crippen molar-refractivity contribution in [3.63, 3.8) is 0 Å². The Morgan fingerprint density at radius 3 is 2.16 bits per heavy atom. The van der Waals surface area contributed by atoms with Crippen LogP contribution in [-0.4, -0.2) is 24.3 Å². The normalized spacial score (nSPS) is 16.8. The Morgan fingerprint density at radius 2 is 1.55 bits per heavy atom. The first-order chi connectivity index (χ1) is 14.8. The fourth-order valence-electron chi connectivity index (χ4n) is 3.66. The van der Waals surface area contributed by atoms with Crippen molar-refractivity contribution in [1.29, 1.82) is 0 Å². The zero-order chi connectivity index (χ0) is 22.2. The van der Waals surface area contributed by atoms with Gasteiger partial charge in [-0.25, -0.2) is 8.42 Å². The average molecular weight is 454 g/mol. The molecule has 0 bridgehead atoms. The summed E-state index contributed by atoms with van der Waals surface area (Å²) in [6, 6.07) is 21.1. The SMILES string of the molecule is Cc1ccc(C2C(S(=O)(=O)c3ccccc3)=C(O)C(=O)N2Cc2ccc(Cl)cc2)cc1. The van der Waals surface area contributed by atoms with Gasteiger partial charge < -0.3 is 10.0 Å². The molecule has 0 fully saturated rings. The fraction of sp³-hybridized carbons (Fsp3) is 0.125. The van der Waals surface area contributed by atoms with E-state index in [-0.39, 0.29) is 16.3 Å². The largest absolute Gasteiger partial charge is 0.502 e. The molecule has 1 aliphatic rings. The zero-order valence-corrected chi connectivity index (χ0v) is 18.3. The number of aliphatic hydroxyl groups is 1. The molecule has 0 aliphatic carbocycles. The standard InChI is InChI=1S/C24H20ClNO4S/c1-16-7-11-18(12-8-16)21-23(31(29,30)20-5-3-2-4-6-20)22(27)24(28)26(21)15-17-9-13-19(25)14-10-17/h2-14,21,27H,15H2,1H3. The molecule has 0 radical (unpaired) electrons. The highest BCUT2D eigenvalue weighted by Crippen LogP contribution is 2.43. The van der Waals surface area contributed by atoms with Gasteiger partial charge in [-0.05, 0) is 42.3 Å². The Kier molecular flexibility index (Phi) is 5.60. The van der Waals surface area contributed by atoms with Gasteiger partial charge in [-0.15, -0.1) is 0 Å². The van der Waals surface area contributed by atoms with Gasteiger partial charge in [0.1, 0.15) is 4.91 Å². The number of sulfone groups is 1. The predicted octanol–water partition coefficient (Wildman–Crippen LogP) is 4.98. The van der Waals surface area contributed by atoms with Crippen LogP contribution in [0.1, 0.15) is 22.7 Å². The lowest BCUT2D eigenvalue weighted by Crippen LogP contribution is -2.30. The highest BCUT2D eigenvalue weighted by atomic mass is 35.5. The fourth-order valence-corrected chi connectivity index (χ4v) is 5.45. The molecule has 158 valence electrons. The lowest BCUT2D eigenvalue weighted by Gasteiger charge is -2.27. The van der Waals surface area contributed by atoms with Crippen molar-refractivity contribution >= 4 is 27.3 Å². The van der Waals surface area contributed by atoms with Gasteiger partial charge in [0, 0.05) is 11.6 Å². The maximum absolute atomic E-state index is 13.5. The number of hydrogen-bond donors (Lipinski definition) is 1. The van der Waals surface area contributed by atoms with Crippen LogP contribution in [0.15, 0.2) is 94.4 Å². The van der Waals surface area contributed by atoms with Crippen molar-refractivity contribution in [1.82, 2.24) is 4.90 Å². The van der Waals surface area contributed by atoms with Crippen molar-refractivity contribution in [3.05, 3.63) is 111 Å². The second-order valence-corrected chi connectivity index (χ2v) is 9.76. The van der Waals surface area contributed by atoms with E-state index in [0.29, 0.717) is 10.6 Å². The van der Waals surface area contributed by atoms with Gasteiger partial charge in [0.25, 0.3) is 5.91 Å². The number of hydrogen-bond acceptors (Lipinski definition) is 4. The summed E-state index contributed by atoms with van der Waals surface area (Å²) in [5.74, 6) is -1.47. The van der Waals surface area contributed by atoms with Crippen molar-refractivity contribution in [2.75, 3.05) is 0 Å². The topological polar surface area (TPSA) is 74.7 Å². The Balaban J connectivity index is 1.85. The van der Waals surface area contributed by atoms with Crippen LogP contribution >= 0.6 is 11.6 Å². The second-order valence-electron chi connectivity index (χ2n) is 7.40. The van der Waals surface area contributed by atoms with Gasteiger partial charge in [0.2, 0.25) is 9.84 Å². The van der Waals surface area contributed by atoms with E-state index in [9.17, 15) is 18.3 Å². The van der Waals surface area contributed by atoms with E-state index in [2.05, 4.69) is 0 Å². The van der Waals surface area contributed by atoms with Crippen LogP contribution in [0.3, 0.4) is 0 Å². The third-order valence-corrected chi connectivity index (χ3v) is 7.40. The van der Waals surface area contributed by atoms with Gasteiger partial charge in [-0.1, -0.05) is 71.8 Å². The Labute approximate surface area is 186 Å². The number of benzene rings is 3. The lowest BCUT2D eigenvalue weighted by atomic mass is 10.0. The number of halogens is 1. The van der Waals surface area contributed by atoms with Crippen LogP contribution in [-0.2, 0) is 21.2 Å². The summed E-state index contributed by atoms with van der Waals surface area (Å²) in [6.07, 6.45) is 0. The first-order valence-corrected chi connectivity index (χ1v) is 11.5. The summed E-state index contributed by atoms with van der Waals surface area (Å²) < 4.78 is 26.9. The maximum atomic E-state index is 13.5. The first-order valence-electron chi connectivity index (χ1n) is 9.64. The van der Waals surface area contributed by atoms with Gasteiger partial charge in [-0.2, -0.15) is 0 Å². The molecule has 1 atom stereocenters. The van der Waals surface area contributed by atoms with E-state index in [4.69, 9.17) is 11.6 Å². The Hall–Kier alpha value is -3.09. The number of aryl methyl sites for hydroxylation is 1. The summed E-state index contributed by atoms with van der Waals surface area (Å²) in [7, 11) is -4.11. The molecule has 3 aromatic rings. The number of carbonyl (C=O) groups excluding carboxylic acids is 1. The van der Waals surface area contributed by atoms with Crippen LogP contribution in [0.25, 0.3) is 0 Å². The van der Waals surface area contributed by atoms with Gasteiger partial charge in [0.15, 0.2) is 5.76 Å². The van der Waals surface area contributed by atoms with E-state index < -0.39 is 27.5 Å². The molecule has 0 aromatic heterocycles. The number of carbonyl (C=O) groups is 1. The summed E-state index contributed by atoms with van der Waals surface area (Å²) in [5.41, 5.74) is 2.37. The van der Waals surface area contributed by atoms with Gasteiger partial charge >= 0.3 is 0 Å². The van der Waals surface area contributed by atoms with E-state index in [1.54, 1.807) is 54.6 Å². The molecular formula is C24H20ClNO4S. The van der Waals surface area contributed by atoms with E-state index in [1.165, 1.54) is 17.0 Å². The molecule has 31 heavy (non-hydrogen) atoms. The molecule has 5 nitrogen and oxygen atoms in total. The maximum Gasteiger partial charge on any atom is 0.290 e. The molecule has 1 unspecified atom stereocenters. The minimum Gasteiger partial charge on any atom is -0.502 e. The van der Waals surface area contributed by atoms with Crippen molar-refractivity contribution in [3.8, 4) is 0 Å². The van der Waals surface area contributed by atoms with Crippen LogP contribution in [0.4, 0.5) is 0 Å². The molecule has 1 aliphatic heterocycles. The molecule has 3 aromatic carbocycles. The average Bonchev–Trinajstić information content (AvgIpc) is 3.02. The minimum atomic E-state index is -4.11. The van der Waals surface area contributed by atoms with Crippen LogP contribution in [0.5, 0.6) is 0 Å². The lowest BCUT2D eigenvalue weighted by molar-refractivity contribution is -0.130. The number of nitrogens with zero attached hydrogens (tertiary/aromatic N) is 1. The molecule has 4 rings (SSSR count). The van der Waals surface area contributed by atoms with Crippen molar-refractivity contribution < 1.29 is 18.3 Å². The first kappa shape index (κ1) is 21.2. The van der Waals surface area contributed by atoms with E-state index >= 15 is 0 Å². The molecule has 1 amide bonds. The molecule has 0 saturated heterocycles. The smallest absolute Gasteiger partial charge is 0.290 e. The van der Waals surface area contributed by atoms with Gasteiger partial charge in [-0.3, -0.25) is 4.79 Å². The monoisotopic (exact) mass is 453 g/mol. The zero-order valence-electron chi connectivity index (χ0n) is 16.7. The highest BCUT2D eigenvalue weighted by Gasteiger charge is 2.46. The Morgan fingerprint density at radius 1 is 0.935 bits per heavy atom. The highest BCUT2D eigenvalue weighted by molar-refractivity contribution is 7.95. The predicted molar refractivity (Wildman–Crippen MR) is 119 cm³/mol. The molecule has 1 heterocycles. The van der Waals surface area contributed by atoms with Crippen molar-refractivity contribution in [2.24, 2.45) is 0 Å². The molecule has 7 heteroatoms. The second kappa shape index (κ2) is 8.21.